The Morgan fingerprint density at radius 3 is 2.54 bits per heavy atom. The molecule has 2 rings (SSSR count). The topological polar surface area (TPSA) is 23.8 Å². The lowest BCUT2D eigenvalue weighted by atomic mass is 10.2. The molecule has 0 aliphatic rings. The first-order valence-electron chi connectivity index (χ1n) is 3.50. The molecule has 1 aromatic carbocycles. The van der Waals surface area contributed by atoms with Crippen LogP contribution in [-0.4, -0.2) is 0 Å². The minimum absolute atomic E-state index is 0.739. The van der Waals surface area contributed by atoms with Gasteiger partial charge in [0, 0.05) is 14.3 Å². The van der Waals surface area contributed by atoms with E-state index in [9.17, 15) is 0 Å². The smallest absolute Gasteiger partial charge is 0.110 e. The summed E-state index contributed by atoms with van der Waals surface area (Å²) in [6.07, 6.45) is 0. The molecule has 2 aromatic rings. The van der Waals surface area contributed by atoms with Crippen LogP contribution in [0.3, 0.4) is 0 Å². The van der Waals surface area contributed by atoms with E-state index in [1.165, 1.54) is 11.3 Å². The van der Waals surface area contributed by atoms with Gasteiger partial charge in [-0.1, -0.05) is 15.9 Å². The molecule has 0 aliphatic carbocycles. The van der Waals surface area contributed by atoms with Gasteiger partial charge in [0.2, 0.25) is 0 Å². The van der Waals surface area contributed by atoms with Crippen molar-refractivity contribution in [1.29, 1.82) is 5.26 Å². The van der Waals surface area contributed by atoms with Crippen LogP contribution in [0.25, 0.3) is 10.1 Å². The molecule has 1 aromatic heterocycles. The van der Waals surface area contributed by atoms with E-state index in [0.717, 1.165) is 23.9 Å². The highest BCUT2D eigenvalue weighted by molar-refractivity contribution is 9.11. The van der Waals surface area contributed by atoms with E-state index in [2.05, 4.69) is 37.9 Å². The first-order valence-corrected chi connectivity index (χ1v) is 5.90. The van der Waals surface area contributed by atoms with Crippen LogP contribution in [0.2, 0.25) is 0 Å². The number of hydrogen-bond acceptors (Lipinski definition) is 2. The van der Waals surface area contributed by atoms with E-state index in [1.54, 1.807) is 0 Å². The summed E-state index contributed by atoms with van der Waals surface area (Å²) in [6, 6.07) is 7.99. The largest absolute Gasteiger partial charge is 0.192 e. The molecule has 0 saturated carbocycles. The Morgan fingerprint density at radius 1 is 1.23 bits per heavy atom. The van der Waals surface area contributed by atoms with Crippen molar-refractivity contribution in [1.82, 2.24) is 0 Å². The summed E-state index contributed by atoms with van der Waals surface area (Å²) in [5.74, 6) is 0. The maximum Gasteiger partial charge on any atom is 0.110 e. The minimum Gasteiger partial charge on any atom is -0.192 e. The lowest BCUT2D eigenvalue weighted by Gasteiger charge is -1.94. The predicted octanol–water partition coefficient (Wildman–Crippen LogP) is 4.30. The standard InChI is InChI=1S/C9H3Br2NS/c10-7-1-2-8(11)9-6(7)3-5(4-12)13-9/h1-3H. The summed E-state index contributed by atoms with van der Waals surface area (Å²) in [4.78, 5) is 0.739. The van der Waals surface area contributed by atoms with Crippen molar-refractivity contribution in [3.63, 3.8) is 0 Å². The highest BCUT2D eigenvalue weighted by Crippen LogP contribution is 2.36. The van der Waals surface area contributed by atoms with Crippen LogP contribution in [-0.2, 0) is 0 Å². The Hall–Kier alpha value is -0.370. The van der Waals surface area contributed by atoms with Crippen LogP contribution < -0.4 is 0 Å². The third-order valence-corrected chi connectivity index (χ3v) is 4.38. The molecule has 4 heteroatoms. The first-order chi connectivity index (χ1) is 6.22. The SMILES string of the molecule is N#Cc1cc2c(Br)ccc(Br)c2s1. The number of halogens is 2. The number of nitriles is 1. The van der Waals surface area contributed by atoms with Crippen molar-refractivity contribution >= 4 is 53.3 Å². The van der Waals surface area contributed by atoms with Gasteiger partial charge in [-0.25, -0.2) is 0 Å². The third kappa shape index (κ3) is 1.52. The van der Waals surface area contributed by atoms with Gasteiger partial charge in [0.05, 0.1) is 4.70 Å². The second-order valence-electron chi connectivity index (χ2n) is 2.49. The highest BCUT2D eigenvalue weighted by atomic mass is 79.9. The van der Waals surface area contributed by atoms with Gasteiger partial charge in [-0.05, 0) is 34.1 Å². The third-order valence-electron chi connectivity index (χ3n) is 1.69. The van der Waals surface area contributed by atoms with E-state index >= 15 is 0 Å². The summed E-state index contributed by atoms with van der Waals surface area (Å²) in [5, 5.41) is 9.84. The van der Waals surface area contributed by atoms with Gasteiger partial charge in [-0.2, -0.15) is 5.26 Å². The van der Waals surface area contributed by atoms with Gasteiger partial charge in [-0.3, -0.25) is 0 Å². The number of rotatable bonds is 0. The molecule has 13 heavy (non-hydrogen) atoms. The van der Waals surface area contributed by atoms with Crippen LogP contribution in [0.15, 0.2) is 27.1 Å². The van der Waals surface area contributed by atoms with Crippen LogP contribution in [0.4, 0.5) is 0 Å². The van der Waals surface area contributed by atoms with Crippen LogP contribution in [0.1, 0.15) is 4.88 Å². The van der Waals surface area contributed by atoms with E-state index in [1.807, 2.05) is 18.2 Å². The van der Waals surface area contributed by atoms with Crippen LogP contribution in [0.5, 0.6) is 0 Å². The molecule has 0 unspecified atom stereocenters. The van der Waals surface area contributed by atoms with Crippen LogP contribution >= 0.6 is 43.2 Å². The average Bonchev–Trinajstić information content (AvgIpc) is 2.56. The minimum atomic E-state index is 0.739. The quantitative estimate of drug-likeness (QED) is 0.711. The molecular formula is C9H3Br2NS. The Bertz CT molecular complexity index is 471. The van der Waals surface area contributed by atoms with Crippen molar-refractivity contribution in [2.24, 2.45) is 0 Å². The van der Waals surface area contributed by atoms with Gasteiger partial charge in [0.25, 0.3) is 0 Å². The molecule has 0 fully saturated rings. The zero-order chi connectivity index (χ0) is 9.42. The number of benzene rings is 1. The zero-order valence-corrected chi connectivity index (χ0v) is 10.3. The lowest BCUT2D eigenvalue weighted by molar-refractivity contribution is 1.52. The Balaban J connectivity index is 2.90. The van der Waals surface area contributed by atoms with E-state index in [0.29, 0.717) is 0 Å². The highest BCUT2D eigenvalue weighted by Gasteiger charge is 2.07. The fourth-order valence-electron chi connectivity index (χ4n) is 1.11. The second-order valence-corrected chi connectivity index (χ2v) is 5.26. The number of thiophene rings is 1. The van der Waals surface area contributed by atoms with Gasteiger partial charge in [-0.15, -0.1) is 11.3 Å². The molecule has 0 aliphatic heterocycles. The Labute approximate surface area is 96.2 Å². The van der Waals surface area contributed by atoms with Crippen molar-refractivity contribution in [2.75, 3.05) is 0 Å². The predicted molar refractivity (Wildman–Crippen MR) is 61.9 cm³/mol. The second kappa shape index (κ2) is 3.41. The number of fused-ring (bicyclic) bond motifs is 1. The molecule has 0 radical (unpaired) electrons. The van der Waals surface area contributed by atoms with E-state index in [-0.39, 0.29) is 0 Å². The summed E-state index contributed by atoms with van der Waals surface area (Å²) in [7, 11) is 0. The molecule has 0 atom stereocenters. The van der Waals surface area contributed by atoms with Crippen molar-refractivity contribution in [3.05, 3.63) is 32.0 Å². The molecule has 0 saturated heterocycles. The molecule has 64 valence electrons. The molecule has 0 bridgehead atoms. The maximum absolute atomic E-state index is 8.75. The lowest BCUT2D eigenvalue weighted by Crippen LogP contribution is -1.67. The van der Waals surface area contributed by atoms with Crippen LogP contribution in [0, 0.1) is 11.3 Å². The first kappa shape index (κ1) is 9.20. The summed E-state index contributed by atoms with van der Waals surface area (Å²) >= 11 is 8.40. The molecular weight excluding hydrogens is 314 g/mol. The fraction of sp³-hybridized carbons (Fsp3) is 0. The summed E-state index contributed by atoms with van der Waals surface area (Å²) in [5.41, 5.74) is 0. The average molecular weight is 317 g/mol. The molecule has 0 spiro atoms. The molecule has 0 amide bonds. The van der Waals surface area contributed by atoms with E-state index < -0.39 is 0 Å². The van der Waals surface area contributed by atoms with E-state index in [4.69, 9.17) is 5.26 Å². The fourth-order valence-corrected chi connectivity index (χ4v) is 3.16. The molecule has 1 heterocycles. The Morgan fingerprint density at radius 2 is 1.92 bits per heavy atom. The Kier molecular flexibility index (Phi) is 2.41. The molecule has 1 nitrogen and oxygen atoms in total. The number of hydrogen-bond donors (Lipinski definition) is 0. The normalized spacial score (nSPS) is 10.2. The van der Waals surface area contributed by atoms with Crippen molar-refractivity contribution in [2.45, 2.75) is 0 Å². The zero-order valence-electron chi connectivity index (χ0n) is 6.34. The summed E-state index contributed by atoms with van der Waals surface area (Å²) < 4.78 is 3.19. The molecule has 0 N–H and O–H groups in total. The van der Waals surface area contributed by atoms with Gasteiger partial charge >= 0.3 is 0 Å². The van der Waals surface area contributed by atoms with Gasteiger partial charge < -0.3 is 0 Å². The maximum atomic E-state index is 8.75. The van der Waals surface area contributed by atoms with Crippen molar-refractivity contribution in [3.8, 4) is 6.07 Å². The number of nitrogens with zero attached hydrogens (tertiary/aromatic N) is 1. The van der Waals surface area contributed by atoms with Gasteiger partial charge in [0.1, 0.15) is 10.9 Å². The van der Waals surface area contributed by atoms with Gasteiger partial charge in [0.15, 0.2) is 0 Å². The van der Waals surface area contributed by atoms with Crippen molar-refractivity contribution < 1.29 is 0 Å². The summed E-state index contributed by atoms with van der Waals surface area (Å²) in [6.45, 7) is 0. The monoisotopic (exact) mass is 315 g/mol.